The first kappa shape index (κ1) is 23.4. The van der Waals surface area contributed by atoms with Gasteiger partial charge in [0.15, 0.2) is 0 Å². The molecule has 0 saturated carbocycles. The third kappa shape index (κ3) is 6.60. The number of carbonyl (C=O) groups excluding carboxylic acids is 2. The second-order valence-corrected chi connectivity index (χ2v) is 7.29. The van der Waals surface area contributed by atoms with Crippen LogP contribution in [0.4, 0.5) is 20.6 Å². The van der Waals surface area contributed by atoms with Gasteiger partial charge in [0, 0.05) is 29.8 Å². The van der Waals surface area contributed by atoms with Gasteiger partial charge in [0.1, 0.15) is 18.5 Å². The summed E-state index contributed by atoms with van der Waals surface area (Å²) in [6.45, 7) is 1.54. The molecular weight excluding hydrogens is 429 g/mol. The number of nitrogens with one attached hydrogen (secondary N) is 2. The van der Waals surface area contributed by atoms with Gasteiger partial charge < -0.3 is 15.4 Å². The number of amides is 2. The molecule has 0 fully saturated rings. The molecule has 170 valence electrons. The van der Waals surface area contributed by atoms with Gasteiger partial charge in [-0.25, -0.2) is 9.18 Å². The molecule has 0 aliphatic rings. The first-order chi connectivity index (χ1) is 15.8. The van der Waals surface area contributed by atoms with E-state index in [1.54, 1.807) is 18.2 Å². The fourth-order valence-electron chi connectivity index (χ4n) is 3.07. The molecule has 1 atom stereocenters. The third-order valence-corrected chi connectivity index (χ3v) is 4.93. The lowest BCUT2D eigenvalue weighted by molar-refractivity contribution is -0.384. The number of benzene rings is 3. The number of ether oxygens (including phenoxy) is 1. The van der Waals surface area contributed by atoms with E-state index < -0.39 is 28.8 Å². The molecule has 0 aromatic heterocycles. The topological polar surface area (TPSA) is 111 Å². The van der Waals surface area contributed by atoms with E-state index in [9.17, 15) is 24.1 Å². The molecule has 2 amide bonds. The van der Waals surface area contributed by atoms with Crippen LogP contribution in [0.5, 0.6) is 0 Å². The molecule has 3 rings (SSSR count). The van der Waals surface area contributed by atoms with Crippen molar-refractivity contribution in [3.05, 3.63) is 105 Å². The van der Waals surface area contributed by atoms with Crippen molar-refractivity contribution < 1.29 is 23.6 Å². The van der Waals surface area contributed by atoms with Crippen molar-refractivity contribution in [2.45, 2.75) is 26.0 Å². The Hall–Kier alpha value is -4.27. The maximum atomic E-state index is 13.9. The lowest BCUT2D eigenvalue weighted by atomic mass is 10.0. The summed E-state index contributed by atoms with van der Waals surface area (Å²) in [5, 5.41) is 16.0. The molecule has 0 spiro atoms. The Morgan fingerprint density at radius 1 is 1.00 bits per heavy atom. The van der Waals surface area contributed by atoms with E-state index >= 15 is 0 Å². The van der Waals surface area contributed by atoms with Gasteiger partial charge in [-0.3, -0.25) is 14.9 Å². The number of alkyl carbamates (subject to hydrolysis) is 1. The second-order valence-electron chi connectivity index (χ2n) is 7.29. The van der Waals surface area contributed by atoms with E-state index in [0.717, 1.165) is 5.56 Å². The molecule has 8 nitrogen and oxygen atoms in total. The maximum absolute atomic E-state index is 13.9. The summed E-state index contributed by atoms with van der Waals surface area (Å²) >= 11 is 0. The van der Waals surface area contributed by atoms with Crippen LogP contribution in [0.25, 0.3) is 0 Å². The third-order valence-electron chi connectivity index (χ3n) is 4.93. The number of nitro groups is 1. The van der Waals surface area contributed by atoms with Crippen LogP contribution in [0.1, 0.15) is 16.7 Å². The zero-order valence-corrected chi connectivity index (χ0v) is 17.8. The van der Waals surface area contributed by atoms with Gasteiger partial charge in [-0.2, -0.15) is 0 Å². The molecule has 0 saturated heterocycles. The van der Waals surface area contributed by atoms with Gasteiger partial charge in [0.2, 0.25) is 5.91 Å². The second kappa shape index (κ2) is 10.9. The molecule has 3 aromatic rings. The molecule has 0 unspecified atom stereocenters. The van der Waals surface area contributed by atoms with Crippen molar-refractivity contribution in [2.75, 3.05) is 5.32 Å². The minimum Gasteiger partial charge on any atom is -0.445 e. The van der Waals surface area contributed by atoms with Gasteiger partial charge in [-0.05, 0) is 30.2 Å². The number of anilines is 1. The summed E-state index contributed by atoms with van der Waals surface area (Å²) < 4.78 is 19.1. The summed E-state index contributed by atoms with van der Waals surface area (Å²) in [5.74, 6) is -1.06. The number of nitro benzene ring substituents is 1. The van der Waals surface area contributed by atoms with Crippen LogP contribution in [0, 0.1) is 22.9 Å². The van der Waals surface area contributed by atoms with E-state index in [4.69, 9.17) is 4.74 Å². The normalized spacial score (nSPS) is 11.3. The van der Waals surface area contributed by atoms with E-state index in [1.165, 1.54) is 43.3 Å². The molecule has 9 heteroatoms. The first-order valence-corrected chi connectivity index (χ1v) is 10.1. The van der Waals surface area contributed by atoms with Gasteiger partial charge in [-0.15, -0.1) is 0 Å². The summed E-state index contributed by atoms with van der Waals surface area (Å²) in [5.41, 5.74) is 1.80. The predicted molar refractivity (Wildman–Crippen MR) is 120 cm³/mol. The van der Waals surface area contributed by atoms with Crippen LogP contribution in [-0.2, 0) is 22.6 Å². The number of hydrogen-bond donors (Lipinski definition) is 2. The van der Waals surface area contributed by atoms with Crippen LogP contribution in [0.3, 0.4) is 0 Å². The monoisotopic (exact) mass is 451 g/mol. The largest absolute Gasteiger partial charge is 0.445 e. The molecule has 0 aliphatic carbocycles. The van der Waals surface area contributed by atoms with E-state index in [0.29, 0.717) is 5.56 Å². The highest BCUT2D eigenvalue weighted by Gasteiger charge is 2.23. The number of halogens is 1. The Labute approximate surface area is 189 Å². The van der Waals surface area contributed by atoms with Crippen LogP contribution in [0.2, 0.25) is 0 Å². The maximum Gasteiger partial charge on any atom is 0.408 e. The standard InChI is InChI=1S/C24H22FN3O5/c1-16-20(25)8-5-9-21(16)26-23(29)22(14-17-10-12-19(13-11-17)28(31)32)27-24(30)33-15-18-6-3-2-4-7-18/h2-13,22H,14-15H2,1H3,(H,26,29)(H,27,30)/t22-/m0/s1. The smallest absolute Gasteiger partial charge is 0.408 e. The van der Waals surface area contributed by atoms with E-state index in [1.807, 2.05) is 18.2 Å². The first-order valence-electron chi connectivity index (χ1n) is 10.1. The lowest BCUT2D eigenvalue weighted by Crippen LogP contribution is -2.45. The van der Waals surface area contributed by atoms with Crippen LogP contribution in [-0.4, -0.2) is 23.0 Å². The summed E-state index contributed by atoms with van der Waals surface area (Å²) in [6, 6.07) is 17.9. The van der Waals surface area contributed by atoms with Crippen LogP contribution < -0.4 is 10.6 Å². The minimum absolute atomic E-state index is 0.0154. The molecule has 0 bridgehead atoms. The van der Waals surface area contributed by atoms with Crippen LogP contribution >= 0.6 is 0 Å². The van der Waals surface area contributed by atoms with E-state index in [-0.39, 0.29) is 30.0 Å². The fourth-order valence-corrected chi connectivity index (χ4v) is 3.07. The molecular formula is C24H22FN3O5. The minimum atomic E-state index is -1.07. The SMILES string of the molecule is Cc1c(F)cccc1NC(=O)[C@H](Cc1ccc([N+](=O)[O-])cc1)NC(=O)OCc1ccccc1. The molecule has 2 N–H and O–H groups in total. The van der Waals surface area contributed by atoms with Crippen molar-refractivity contribution in [3.63, 3.8) is 0 Å². The summed E-state index contributed by atoms with van der Waals surface area (Å²) in [4.78, 5) is 35.7. The Morgan fingerprint density at radius 2 is 1.70 bits per heavy atom. The van der Waals surface area contributed by atoms with Crippen molar-refractivity contribution in [3.8, 4) is 0 Å². The molecule has 3 aromatic carbocycles. The van der Waals surface area contributed by atoms with E-state index in [2.05, 4.69) is 10.6 Å². The lowest BCUT2D eigenvalue weighted by Gasteiger charge is -2.19. The zero-order valence-electron chi connectivity index (χ0n) is 17.8. The molecule has 33 heavy (non-hydrogen) atoms. The highest BCUT2D eigenvalue weighted by molar-refractivity contribution is 5.97. The average Bonchev–Trinajstić information content (AvgIpc) is 2.81. The van der Waals surface area contributed by atoms with Gasteiger partial charge in [0.25, 0.3) is 5.69 Å². The highest BCUT2D eigenvalue weighted by atomic mass is 19.1. The van der Waals surface area contributed by atoms with Crippen molar-refractivity contribution in [2.24, 2.45) is 0 Å². The Balaban J connectivity index is 1.74. The number of hydrogen-bond acceptors (Lipinski definition) is 5. The number of carbonyl (C=O) groups is 2. The van der Waals surface area contributed by atoms with Crippen molar-refractivity contribution >= 4 is 23.4 Å². The number of nitrogens with zero attached hydrogens (tertiary/aromatic N) is 1. The van der Waals surface area contributed by atoms with Gasteiger partial charge in [0.05, 0.1) is 4.92 Å². The average molecular weight is 451 g/mol. The van der Waals surface area contributed by atoms with Crippen molar-refractivity contribution in [1.82, 2.24) is 5.32 Å². The zero-order chi connectivity index (χ0) is 23.8. The molecule has 0 heterocycles. The number of rotatable bonds is 8. The molecule has 0 aliphatic heterocycles. The van der Waals surface area contributed by atoms with Crippen LogP contribution in [0.15, 0.2) is 72.8 Å². The summed E-state index contributed by atoms with van der Waals surface area (Å²) in [6.07, 6.45) is -0.768. The Bertz CT molecular complexity index is 1140. The van der Waals surface area contributed by atoms with Crippen molar-refractivity contribution in [1.29, 1.82) is 0 Å². The fraction of sp³-hybridized carbons (Fsp3) is 0.167. The predicted octanol–water partition coefficient (Wildman–Crippen LogP) is 4.52. The highest BCUT2D eigenvalue weighted by Crippen LogP contribution is 2.19. The quantitative estimate of drug-likeness (QED) is 0.387. The summed E-state index contributed by atoms with van der Waals surface area (Å²) in [7, 11) is 0. The number of non-ortho nitro benzene ring substituents is 1. The van der Waals surface area contributed by atoms with Gasteiger partial charge >= 0.3 is 6.09 Å². The molecule has 0 radical (unpaired) electrons. The van der Waals surface area contributed by atoms with Gasteiger partial charge in [-0.1, -0.05) is 48.5 Å². The Morgan fingerprint density at radius 3 is 2.36 bits per heavy atom. The Kier molecular flexibility index (Phi) is 7.69.